The van der Waals surface area contributed by atoms with Gasteiger partial charge in [0.2, 0.25) is 0 Å². The number of nitrogens with one attached hydrogen (secondary N) is 1. The maximum atomic E-state index is 9.77. The first-order valence-electron chi connectivity index (χ1n) is 4.95. The quantitative estimate of drug-likeness (QED) is 0.619. The van der Waals surface area contributed by atoms with Crippen LogP contribution < -0.4 is 5.32 Å². The lowest BCUT2D eigenvalue weighted by Crippen LogP contribution is -2.39. The molecule has 0 saturated carbocycles. The predicted octanol–water partition coefficient (Wildman–Crippen LogP) is 0.830. The SMILES string of the molecule is Oc1ccccc1C1CCNCC1O. The summed E-state index contributed by atoms with van der Waals surface area (Å²) in [5, 5.41) is 22.5. The summed E-state index contributed by atoms with van der Waals surface area (Å²) in [4.78, 5) is 0. The highest BCUT2D eigenvalue weighted by atomic mass is 16.3. The van der Waals surface area contributed by atoms with Crippen LogP contribution in [0, 0.1) is 0 Å². The molecule has 1 aromatic carbocycles. The summed E-state index contributed by atoms with van der Waals surface area (Å²) in [6.45, 7) is 1.51. The van der Waals surface area contributed by atoms with Crippen molar-refractivity contribution in [2.45, 2.75) is 18.4 Å². The zero-order chi connectivity index (χ0) is 9.97. The molecule has 14 heavy (non-hydrogen) atoms. The van der Waals surface area contributed by atoms with Gasteiger partial charge in [0, 0.05) is 12.5 Å². The van der Waals surface area contributed by atoms with Gasteiger partial charge in [0.05, 0.1) is 6.10 Å². The molecule has 1 heterocycles. The van der Waals surface area contributed by atoms with Crippen LogP contribution in [0.2, 0.25) is 0 Å². The molecule has 0 radical (unpaired) electrons. The van der Waals surface area contributed by atoms with Crippen molar-refractivity contribution in [1.29, 1.82) is 0 Å². The Hall–Kier alpha value is -1.06. The van der Waals surface area contributed by atoms with E-state index in [0.29, 0.717) is 12.3 Å². The number of phenols is 1. The van der Waals surface area contributed by atoms with E-state index in [1.54, 1.807) is 12.1 Å². The standard InChI is InChI=1S/C11H15NO2/c13-10-4-2-1-3-8(10)9-5-6-12-7-11(9)14/h1-4,9,11-14H,5-7H2. The lowest BCUT2D eigenvalue weighted by Gasteiger charge is -2.29. The summed E-state index contributed by atoms with van der Waals surface area (Å²) in [5.74, 6) is 0.357. The molecule has 2 rings (SSSR count). The van der Waals surface area contributed by atoms with E-state index in [1.165, 1.54) is 0 Å². The molecule has 1 fully saturated rings. The van der Waals surface area contributed by atoms with Crippen molar-refractivity contribution in [3.63, 3.8) is 0 Å². The van der Waals surface area contributed by atoms with E-state index in [9.17, 15) is 10.2 Å². The van der Waals surface area contributed by atoms with Gasteiger partial charge >= 0.3 is 0 Å². The van der Waals surface area contributed by atoms with Crippen LogP contribution in [0.4, 0.5) is 0 Å². The van der Waals surface area contributed by atoms with Crippen LogP contribution in [0.5, 0.6) is 5.75 Å². The minimum Gasteiger partial charge on any atom is -0.508 e. The molecule has 1 saturated heterocycles. The highest BCUT2D eigenvalue weighted by Gasteiger charge is 2.25. The molecule has 1 aromatic rings. The highest BCUT2D eigenvalue weighted by molar-refractivity contribution is 5.35. The van der Waals surface area contributed by atoms with Crippen LogP contribution >= 0.6 is 0 Å². The van der Waals surface area contributed by atoms with Crippen LogP contribution in [-0.4, -0.2) is 29.4 Å². The zero-order valence-electron chi connectivity index (χ0n) is 7.98. The third kappa shape index (κ3) is 1.74. The predicted molar refractivity (Wildman–Crippen MR) is 54.3 cm³/mol. The summed E-state index contributed by atoms with van der Waals surface area (Å²) in [7, 11) is 0. The number of phenolic OH excluding ortho intramolecular Hbond substituents is 1. The van der Waals surface area contributed by atoms with Crippen LogP contribution in [0.1, 0.15) is 17.9 Å². The van der Waals surface area contributed by atoms with Crippen molar-refractivity contribution in [2.75, 3.05) is 13.1 Å². The zero-order valence-corrected chi connectivity index (χ0v) is 7.98. The van der Waals surface area contributed by atoms with Gasteiger partial charge in [-0.05, 0) is 24.6 Å². The molecule has 0 aromatic heterocycles. The Balaban J connectivity index is 2.25. The monoisotopic (exact) mass is 193 g/mol. The normalized spacial score (nSPS) is 27.5. The highest BCUT2D eigenvalue weighted by Crippen LogP contribution is 2.31. The number of β-amino-alcohol motifs (C(OH)–C–C–N with tert-alkyl or cyclic N) is 1. The van der Waals surface area contributed by atoms with Crippen LogP contribution in [-0.2, 0) is 0 Å². The summed E-state index contributed by atoms with van der Waals surface area (Å²) < 4.78 is 0. The van der Waals surface area contributed by atoms with Crippen molar-refractivity contribution in [3.05, 3.63) is 29.8 Å². The first kappa shape index (κ1) is 9.49. The molecule has 0 amide bonds. The van der Waals surface area contributed by atoms with Gasteiger partial charge in [-0.25, -0.2) is 0 Å². The van der Waals surface area contributed by atoms with Gasteiger partial charge in [-0.3, -0.25) is 0 Å². The molecular weight excluding hydrogens is 178 g/mol. The molecule has 2 unspecified atom stereocenters. The number of aliphatic hydroxyl groups is 1. The van der Waals surface area contributed by atoms with E-state index in [4.69, 9.17) is 0 Å². The lowest BCUT2D eigenvalue weighted by molar-refractivity contribution is 0.117. The molecule has 76 valence electrons. The third-order valence-corrected chi connectivity index (χ3v) is 2.79. The minimum absolute atomic E-state index is 0.0671. The number of benzene rings is 1. The van der Waals surface area contributed by atoms with Crippen molar-refractivity contribution in [3.8, 4) is 5.75 Å². The minimum atomic E-state index is -0.392. The Kier molecular flexibility index (Phi) is 2.70. The van der Waals surface area contributed by atoms with Crippen LogP contribution in [0.25, 0.3) is 0 Å². The maximum Gasteiger partial charge on any atom is 0.119 e. The van der Waals surface area contributed by atoms with Crippen molar-refractivity contribution < 1.29 is 10.2 Å². The number of rotatable bonds is 1. The topological polar surface area (TPSA) is 52.5 Å². The van der Waals surface area contributed by atoms with E-state index >= 15 is 0 Å². The summed E-state index contributed by atoms with van der Waals surface area (Å²) >= 11 is 0. The Labute approximate surface area is 83.4 Å². The van der Waals surface area contributed by atoms with Gasteiger partial charge in [0.15, 0.2) is 0 Å². The van der Waals surface area contributed by atoms with Gasteiger partial charge in [-0.2, -0.15) is 0 Å². The molecule has 1 aliphatic heterocycles. The molecule has 3 heteroatoms. The van der Waals surface area contributed by atoms with Crippen molar-refractivity contribution in [2.24, 2.45) is 0 Å². The average molecular weight is 193 g/mol. The van der Waals surface area contributed by atoms with E-state index in [2.05, 4.69) is 5.32 Å². The number of piperidine rings is 1. The molecule has 0 aliphatic carbocycles. The van der Waals surface area contributed by atoms with Gasteiger partial charge in [-0.1, -0.05) is 18.2 Å². The maximum absolute atomic E-state index is 9.77. The lowest BCUT2D eigenvalue weighted by atomic mass is 9.87. The van der Waals surface area contributed by atoms with Crippen LogP contribution in [0.3, 0.4) is 0 Å². The fraction of sp³-hybridized carbons (Fsp3) is 0.455. The Morgan fingerprint density at radius 3 is 2.79 bits per heavy atom. The second kappa shape index (κ2) is 3.98. The molecule has 3 N–H and O–H groups in total. The summed E-state index contributed by atoms with van der Waals surface area (Å²) in [6, 6.07) is 7.24. The molecule has 0 bridgehead atoms. The smallest absolute Gasteiger partial charge is 0.119 e. The number of aromatic hydroxyl groups is 1. The second-order valence-corrected chi connectivity index (χ2v) is 3.73. The van der Waals surface area contributed by atoms with E-state index < -0.39 is 6.10 Å². The Morgan fingerprint density at radius 1 is 1.29 bits per heavy atom. The van der Waals surface area contributed by atoms with Crippen molar-refractivity contribution in [1.82, 2.24) is 5.32 Å². The van der Waals surface area contributed by atoms with E-state index in [1.807, 2.05) is 12.1 Å². The third-order valence-electron chi connectivity index (χ3n) is 2.79. The molecular formula is C11H15NO2. The Bertz CT molecular complexity index is 314. The van der Waals surface area contributed by atoms with Gasteiger partial charge in [0.25, 0.3) is 0 Å². The summed E-state index contributed by atoms with van der Waals surface area (Å²) in [6.07, 6.45) is 0.482. The molecule has 0 spiro atoms. The second-order valence-electron chi connectivity index (χ2n) is 3.73. The summed E-state index contributed by atoms with van der Waals surface area (Å²) in [5.41, 5.74) is 0.863. The first-order chi connectivity index (χ1) is 6.79. The number of hydrogen-bond donors (Lipinski definition) is 3. The number of para-hydroxylation sites is 1. The fourth-order valence-corrected chi connectivity index (χ4v) is 2.01. The van der Waals surface area contributed by atoms with Gasteiger partial charge in [-0.15, -0.1) is 0 Å². The van der Waals surface area contributed by atoms with Crippen LogP contribution in [0.15, 0.2) is 24.3 Å². The van der Waals surface area contributed by atoms with E-state index in [0.717, 1.165) is 18.5 Å². The Morgan fingerprint density at radius 2 is 2.07 bits per heavy atom. The van der Waals surface area contributed by atoms with E-state index in [-0.39, 0.29) is 5.92 Å². The largest absolute Gasteiger partial charge is 0.508 e. The van der Waals surface area contributed by atoms with Gasteiger partial charge in [0.1, 0.15) is 5.75 Å². The van der Waals surface area contributed by atoms with Crippen molar-refractivity contribution >= 4 is 0 Å². The first-order valence-corrected chi connectivity index (χ1v) is 4.95. The number of hydrogen-bond acceptors (Lipinski definition) is 3. The van der Waals surface area contributed by atoms with Gasteiger partial charge < -0.3 is 15.5 Å². The molecule has 3 nitrogen and oxygen atoms in total. The molecule has 2 atom stereocenters. The number of aliphatic hydroxyl groups excluding tert-OH is 1. The fourth-order valence-electron chi connectivity index (χ4n) is 2.01. The molecule has 1 aliphatic rings. The average Bonchev–Trinajstić information content (AvgIpc) is 2.20.